The van der Waals surface area contributed by atoms with Crippen molar-refractivity contribution < 1.29 is 13.2 Å². The minimum absolute atomic E-state index is 0.215. The maximum atomic E-state index is 13.5. The number of hydrogen-bond donors (Lipinski definition) is 1. The zero-order valence-corrected chi connectivity index (χ0v) is 20.9. The van der Waals surface area contributed by atoms with Crippen molar-refractivity contribution >= 4 is 15.8 Å². The molecular formula is C26H34N4O3S. The van der Waals surface area contributed by atoms with Gasteiger partial charge in [0, 0.05) is 18.7 Å². The largest absolute Gasteiger partial charge is 0.495 e. The highest BCUT2D eigenvalue weighted by Crippen LogP contribution is 2.60. The van der Waals surface area contributed by atoms with Crippen LogP contribution in [0.15, 0.2) is 29.4 Å². The maximum absolute atomic E-state index is 13.5. The molecule has 182 valence electrons. The second-order valence-electron chi connectivity index (χ2n) is 11.2. The third-order valence-corrected chi connectivity index (χ3v) is 10.6. The quantitative estimate of drug-likeness (QED) is 0.665. The van der Waals surface area contributed by atoms with Gasteiger partial charge in [0.1, 0.15) is 22.8 Å². The molecule has 8 heteroatoms. The van der Waals surface area contributed by atoms with E-state index in [-0.39, 0.29) is 11.4 Å². The Morgan fingerprint density at radius 3 is 2.50 bits per heavy atom. The molecule has 1 aliphatic heterocycles. The van der Waals surface area contributed by atoms with Gasteiger partial charge in [0.15, 0.2) is 0 Å². The van der Waals surface area contributed by atoms with Gasteiger partial charge in [0.2, 0.25) is 10.0 Å². The van der Waals surface area contributed by atoms with Crippen LogP contribution in [0.2, 0.25) is 0 Å². The lowest BCUT2D eigenvalue weighted by Gasteiger charge is -2.57. The third kappa shape index (κ3) is 3.79. The summed E-state index contributed by atoms with van der Waals surface area (Å²) in [5, 5.41) is 3.70. The van der Waals surface area contributed by atoms with Crippen molar-refractivity contribution in [2.45, 2.75) is 63.3 Å². The van der Waals surface area contributed by atoms with E-state index in [2.05, 4.69) is 15.3 Å². The molecular weight excluding hydrogens is 448 g/mol. The minimum atomic E-state index is -3.70. The molecule has 34 heavy (non-hydrogen) atoms. The summed E-state index contributed by atoms with van der Waals surface area (Å²) in [4.78, 5) is 9.28. The van der Waals surface area contributed by atoms with Gasteiger partial charge in [-0.05, 0) is 92.7 Å². The Kier molecular flexibility index (Phi) is 5.37. The molecule has 0 unspecified atom stereocenters. The Hall–Kier alpha value is -2.19. The second-order valence-corrected chi connectivity index (χ2v) is 13.1. The number of rotatable bonds is 6. The van der Waals surface area contributed by atoms with Gasteiger partial charge in [-0.15, -0.1) is 0 Å². The van der Waals surface area contributed by atoms with Crippen molar-refractivity contribution in [2.24, 2.45) is 23.2 Å². The molecule has 4 aliphatic carbocycles. The summed E-state index contributed by atoms with van der Waals surface area (Å²) in [7, 11) is -2.19. The van der Waals surface area contributed by atoms with Crippen molar-refractivity contribution in [1.29, 1.82) is 0 Å². The fourth-order valence-corrected chi connectivity index (χ4v) is 9.23. The number of sulfonamides is 1. The summed E-state index contributed by atoms with van der Waals surface area (Å²) in [5.74, 6) is 4.03. The van der Waals surface area contributed by atoms with Gasteiger partial charge < -0.3 is 10.1 Å². The van der Waals surface area contributed by atoms with Crippen LogP contribution in [-0.2, 0) is 23.0 Å². The molecule has 4 bridgehead atoms. The summed E-state index contributed by atoms with van der Waals surface area (Å²) >= 11 is 0. The van der Waals surface area contributed by atoms with Crippen LogP contribution in [-0.4, -0.2) is 42.9 Å². The molecule has 5 aliphatic rings. The molecule has 0 spiro atoms. The van der Waals surface area contributed by atoms with Crippen molar-refractivity contribution in [3.8, 4) is 5.75 Å². The number of fused-ring (bicyclic) bond motifs is 1. The number of ether oxygens (including phenoxy) is 1. The van der Waals surface area contributed by atoms with Crippen molar-refractivity contribution in [2.75, 3.05) is 25.5 Å². The summed E-state index contributed by atoms with van der Waals surface area (Å²) in [5.41, 5.74) is 3.16. The first-order chi connectivity index (χ1) is 16.3. The van der Waals surface area contributed by atoms with E-state index in [1.807, 2.05) is 13.0 Å². The SMILES string of the molecule is COc1ccc(C)cc1S(=O)(=O)N1CCc2c(ncnc2NCC23CC4CC(CC(C4)C2)C3)C1. The Bertz CT molecular complexity index is 1180. The van der Waals surface area contributed by atoms with E-state index in [9.17, 15) is 8.42 Å². The number of aromatic nitrogens is 2. The number of nitrogens with one attached hydrogen (secondary N) is 1. The van der Waals surface area contributed by atoms with Crippen LogP contribution in [0.5, 0.6) is 5.75 Å². The topological polar surface area (TPSA) is 84.4 Å². The summed E-state index contributed by atoms with van der Waals surface area (Å²) < 4.78 is 33.8. The van der Waals surface area contributed by atoms with Crippen LogP contribution in [0.4, 0.5) is 5.82 Å². The minimum Gasteiger partial charge on any atom is -0.495 e. The van der Waals surface area contributed by atoms with Crippen LogP contribution >= 0.6 is 0 Å². The molecule has 0 saturated heterocycles. The smallest absolute Gasteiger partial charge is 0.247 e. The van der Waals surface area contributed by atoms with Gasteiger partial charge in [-0.2, -0.15) is 4.31 Å². The zero-order chi connectivity index (χ0) is 23.5. The van der Waals surface area contributed by atoms with Crippen molar-refractivity contribution in [3.63, 3.8) is 0 Å². The molecule has 4 fully saturated rings. The van der Waals surface area contributed by atoms with Gasteiger partial charge in [0.25, 0.3) is 0 Å². The highest BCUT2D eigenvalue weighted by Gasteiger charge is 2.50. The molecule has 1 N–H and O–H groups in total. The van der Waals surface area contributed by atoms with Crippen LogP contribution in [0.25, 0.3) is 0 Å². The van der Waals surface area contributed by atoms with E-state index in [0.29, 0.717) is 24.1 Å². The molecule has 1 aromatic heterocycles. The first-order valence-corrected chi connectivity index (χ1v) is 14.0. The van der Waals surface area contributed by atoms with Crippen molar-refractivity contribution in [1.82, 2.24) is 14.3 Å². The van der Waals surface area contributed by atoms with E-state index >= 15 is 0 Å². The molecule has 1 aromatic carbocycles. The fraction of sp³-hybridized carbons (Fsp3) is 0.615. The van der Waals surface area contributed by atoms with Gasteiger partial charge in [-0.1, -0.05) is 6.07 Å². The highest BCUT2D eigenvalue weighted by molar-refractivity contribution is 7.89. The standard InChI is InChI=1S/C26H34N4O3S/c1-17-3-4-23(33-2)24(7-17)34(31,32)30-6-5-21-22(14-30)28-16-29-25(21)27-15-26-11-18-8-19(12-26)10-20(9-18)13-26/h3-4,7,16,18-20H,5-6,8-15H2,1-2H3,(H,27,28,29). The van der Waals surface area contributed by atoms with E-state index in [4.69, 9.17) is 4.74 Å². The average molecular weight is 483 g/mol. The highest BCUT2D eigenvalue weighted by atomic mass is 32.2. The predicted molar refractivity (Wildman–Crippen MR) is 130 cm³/mol. The molecule has 0 radical (unpaired) electrons. The number of methoxy groups -OCH3 is 1. The van der Waals surface area contributed by atoms with E-state index in [1.54, 1.807) is 18.5 Å². The monoisotopic (exact) mass is 482 g/mol. The molecule has 0 atom stereocenters. The predicted octanol–water partition coefficient (Wildman–Crippen LogP) is 4.17. The normalized spacial score (nSPS) is 30.2. The van der Waals surface area contributed by atoms with Crippen molar-refractivity contribution in [3.05, 3.63) is 41.3 Å². The number of aryl methyl sites for hydroxylation is 1. The first kappa shape index (κ1) is 22.3. The lowest BCUT2D eigenvalue weighted by molar-refractivity contribution is -0.0444. The van der Waals surface area contributed by atoms with Crippen LogP contribution in [0.3, 0.4) is 0 Å². The average Bonchev–Trinajstić information content (AvgIpc) is 2.81. The summed E-state index contributed by atoms with van der Waals surface area (Å²) in [6, 6.07) is 5.26. The number of anilines is 1. The van der Waals surface area contributed by atoms with Crippen LogP contribution in [0, 0.1) is 30.1 Å². The summed E-state index contributed by atoms with van der Waals surface area (Å²) in [6.45, 7) is 3.52. The lowest BCUT2D eigenvalue weighted by Crippen LogP contribution is -2.49. The maximum Gasteiger partial charge on any atom is 0.247 e. The lowest BCUT2D eigenvalue weighted by atomic mass is 9.49. The zero-order valence-electron chi connectivity index (χ0n) is 20.1. The Labute approximate surface area is 202 Å². The van der Waals surface area contributed by atoms with E-state index in [1.165, 1.54) is 49.9 Å². The molecule has 2 heterocycles. The molecule has 7 rings (SSSR count). The number of hydrogen-bond acceptors (Lipinski definition) is 6. The van der Waals surface area contributed by atoms with Crippen LogP contribution in [0.1, 0.15) is 55.3 Å². The van der Waals surface area contributed by atoms with Crippen LogP contribution < -0.4 is 10.1 Å². The Morgan fingerprint density at radius 1 is 1.12 bits per heavy atom. The number of nitrogens with zero attached hydrogens (tertiary/aromatic N) is 3. The summed E-state index contributed by atoms with van der Waals surface area (Å²) in [6.07, 6.45) is 10.6. The molecule has 2 aromatic rings. The second kappa shape index (κ2) is 8.19. The Morgan fingerprint density at radius 2 is 1.82 bits per heavy atom. The molecule has 7 nitrogen and oxygen atoms in total. The van der Waals surface area contributed by atoms with Gasteiger partial charge >= 0.3 is 0 Å². The van der Waals surface area contributed by atoms with Gasteiger partial charge in [-0.3, -0.25) is 0 Å². The van der Waals surface area contributed by atoms with Gasteiger partial charge in [-0.25, -0.2) is 18.4 Å². The third-order valence-electron chi connectivity index (χ3n) is 8.70. The molecule has 4 saturated carbocycles. The molecule has 0 amide bonds. The number of benzene rings is 1. The first-order valence-electron chi connectivity index (χ1n) is 12.6. The van der Waals surface area contributed by atoms with E-state index < -0.39 is 10.0 Å². The van der Waals surface area contributed by atoms with Gasteiger partial charge in [0.05, 0.1) is 19.3 Å². The van der Waals surface area contributed by atoms with E-state index in [0.717, 1.165) is 46.9 Å². The Balaban J connectivity index is 1.21. The fourth-order valence-electron chi connectivity index (χ4n) is 7.59.